The first kappa shape index (κ1) is 21.3. The van der Waals surface area contributed by atoms with Crippen LogP contribution in [0.1, 0.15) is 44.4 Å². The van der Waals surface area contributed by atoms with E-state index in [9.17, 15) is 9.59 Å². The molecule has 3 aromatic rings. The van der Waals surface area contributed by atoms with Crippen LogP contribution in [0.2, 0.25) is 5.28 Å². The van der Waals surface area contributed by atoms with Gasteiger partial charge in [-0.2, -0.15) is 9.97 Å². The van der Waals surface area contributed by atoms with Gasteiger partial charge in [-0.15, -0.1) is 0 Å². The van der Waals surface area contributed by atoms with Crippen molar-refractivity contribution in [2.24, 2.45) is 5.92 Å². The number of aryl methyl sites for hydroxylation is 1. The summed E-state index contributed by atoms with van der Waals surface area (Å²) in [6.45, 7) is 5.57. The predicted molar refractivity (Wildman–Crippen MR) is 109 cm³/mol. The van der Waals surface area contributed by atoms with Gasteiger partial charge in [0.15, 0.2) is 22.7 Å². The lowest BCUT2D eigenvalue weighted by Gasteiger charge is -2.16. The number of hydrogen-bond donors (Lipinski definition) is 1. The van der Waals surface area contributed by atoms with Gasteiger partial charge >= 0.3 is 11.8 Å². The molecule has 166 valence electrons. The van der Waals surface area contributed by atoms with Gasteiger partial charge in [0.25, 0.3) is 0 Å². The lowest BCUT2D eigenvalue weighted by Crippen LogP contribution is -2.21. The molecule has 0 aliphatic carbocycles. The maximum atomic E-state index is 11.7. The van der Waals surface area contributed by atoms with E-state index in [2.05, 4.69) is 20.3 Å². The highest BCUT2D eigenvalue weighted by Crippen LogP contribution is 2.32. The van der Waals surface area contributed by atoms with Gasteiger partial charge in [-0.1, -0.05) is 13.8 Å². The van der Waals surface area contributed by atoms with Crippen LogP contribution in [0.25, 0.3) is 11.2 Å². The van der Waals surface area contributed by atoms with E-state index < -0.39 is 5.82 Å². The lowest BCUT2D eigenvalue weighted by atomic mass is 10.2. The molecule has 12 heteroatoms. The van der Waals surface area contributed by atoms with Crippen LogP contribution in [-0.4, -0.2) is 38.2 Å². The number of fused-ring (bicyclic) bond motifs is 1. The SMILES string of the molecule is Cc1oc(=O)oc1CNc1nc(Cl)nc2c1ncn2C1CCC(COC(=O)C(C)C)O1. The van der Waals surface area contributed by atoms with E-state index in [1.165, 1.54) is 0 Å². The maximum absolute atomic E-state index is 11.7. The van der Waals surface area contributed by atoms with E-state index in [1.54, 1.807) is 31.7 Å². The number of halogens is 1. The molecule has 0 aromatic carbocycles. The second kappa shape index (κ2) is 8.67. The summed E-state index contributed by atoms with van der Waals surface area (Å²) in [6.07, 6.45) is 2.53. The average Bonchev–Trinajstić information content (AvgIpc) is 3.42. The van der Waals surface area contributed by atoms with E-state index in [4.69, 9.17) is 29.9 Å². The molecule has 1 aliphatic rings. The fourth-order valence-electron chi connectivity index (χ4n) is 3.28. The van der Waals surface area contributed by atoms with Crippen molar-refractivity contribution in [3.63, 3.8) is 0 Å². The zero-order valence-corrected chi connectivity index (χ0v) is 18.0. The summed E-state index contributed by atoms with van der Waals surface area (Å²) in [5.74, 6) is -0.0837. The van der Waals surface area contributed by atoms with Gasteiger partial charge in [-0.05, 0) is 31.4 Å². The van der Waals surface area contributed by atoms with Crippen LogP contribution >= 0.6 is 11.6 Å². The average molecular weight is 452 g/mol. The Balaban J connectivity index is 1.49. The van der Waals surface area contributed by atoms with Crippen LogP contribution in [0.3, 0.4) is 0 Å². The molecule has 0 radical (unpaired) electrons. The molecule has 1 N–H and O–H groups in total. The van der Waals surface area contributed by atoms with Gasteiger partial charge in [-0.3, -0.25) is 9.36 Å². The number of nitrogens with zero attached hydrogens (tertiary/aromatic N) is 4. The van der Waals surface area contributed by atoms with Crippen molar-refractivity contribution >= 4 is 34.6 Å². The molecule has 11 nitrogen and oxygen atoms in total. The summed E-state index contributed by atoms with van der Waals surface area (Å²) in [5.41, 5.74) is 0.990. The number of carbonyl (C=O) groups is 1. The molecule has 0 amide bonds. The Morgan fingerprint density at radius 1 is 1.35 bits per heavy atom. The van der Waals surface area contributed by atoms with Crippen LogP contribution in [0.4, 0.5) is 5.82 Å². The molecule has 1 saturated heterocycles. The largest absolute Gasteiger partial charge is 0.519 e. The number of esters is 1. The topological polar surface area (TPSA) is 135 Å². The molecule has 0 bridgehead atoms. The Morgan fingerprint density at radius 2 is 2.16 bits per heavy atom. The first-order chi connectivity index (χ1) is 14.8. The lowest BCUT2D eigenvalue weighted by molar-refractivity contribution is -0.152. The molecule has 0 saturated carbocycles. The first-order valence-electron chi connectivity index (χ1n) is 9.87. The Bertz CT molecular complexity index is 1150. The highest BCUT2D eigenvalue weighted by molar-refractivity contribution is 6.28. The Morgan fingerprint density at radius 3 is 2.87 bits per heavy atom. The number of anilines is 1. The summed E-state index contributed by atoms with van der Waals surface area (Å²) >= 11 is 6.13. The number of imidazole rings is 1. The number of nitrogens with one attached hydrogen (secondary N) is 1. The number of rotatable bonds is 7. The van der Waals surface area contributed by atoms with Crippen molar-refractivity contribution < 1.29 is 23.1 Å². The van der Waals surface area contributed by atoms with Crippen LogP contribution < -0.4 is 11.1 Å². The van der Waals surface area contributed by atoms with E-state index in [0.717, 1.165) is 6.42 Å². The van der Waals surface area contributed by atoms with Gasteiger partial charge < -0.3 is 23.6 Å². The Hall–Kier alpha value is -2.92. The predicted octanol–water partition coefficient (Wildman–Crippen LogP) is 2.82. The monoisotopic (exact) mass is 451 g/mol. The van der Waals surface area contributed by atoms with Crippen molar-refractivity contribution in [1.29, 1.82) is 0 Å². The Labute approximate surface area is 181 Å². The molecule has 1 fully saturated rings. The molecule has 1 aliphatic heterocycles. The van der Waals surface area contributed by atoms with E-state index in [1.807, 2.05) is 0 Å². The van der Waals surface area contributed by atoms with E-state index in [-0.39, 0.29) is 42.7 Å². The summed E-state index contributed by atoms with van der Waals surface area (Å²) in [6, 6.07) is 0. The van der Waals surface area contributed by atoms with Gasteiger partial charge in [0, 0.05) is 0 Å². The van der Waals surface area contributed by atoms with Crippen LogP contribution in [0, 0.1) is 12.8 Å². The number of hydrogen-bond acceptors (Lipinski definition) is 10. The number of carbonyl (C=O) groups excluding carboxylic acids is 1. The normalized spacial score (nSPS) is 18.7. The van der Waals surface area contributed by atoms with Crippen molar-refractivity contribution in [2.45, 2.75) is 52.5 Å². The van der Waals surface area contributed by atoms with Gasteiger partial charge in [0.1, 0.15) is 18.6 Å². The van der Waals surface area contributed by atoms with Crippen molar-refractivity contribution in [1.82, 2.24) is 19.5 Å². The number of ether oxygens (including phenoxy) is 2. The molecule has 2 atom stereocenters. The molecular formula is C19H22ClN5O6. The van der Waals surface area contributed by atoms with Crippen LogP contribution in [-0.2, 0) is 20.8 Å². The third kappa shape index (κ3) is 4.57. The molecule has 4 heterocycles. The van der Waals surface area contributed by atoms with Crippen molar-refractivity contribution in [3.8, 4) is 0 Å². The van der Waals surface area contributed by atoms with E-state index in [0.29, 0.717) is 34.9 Å². The third-order valence-electron chi connectivity index (χ3n) is 4.92. The zero-order chi connectivity index (χ0) is 22.1. The molecule has 4 rings (SSSR count). The Kier molecular flexibility index (Phi) is 5.96. The standard InChI is InChI=1S/C19H22ClN5O6/c1-9(2)17(26)28-7-11-4-5-13(30-11)25-8-22-14-15(23-18(20)24-16(14)25)21-6-12-10(3)29-19(27)31-12/h8-9,11,13H,4-7H2,1-3H3,(H,21,23,24). The highest BCUT2D eigenvalue weighted by atomic mass is 35.5. The van der Waals surface area contributed by atoms with Crippen LogP contribution in [0.15, 0.2) is 20.0 Å². The summed E-state index contributed by atoms with van der Waals surface area (Å²) < 4.78 is 22.9. The maximum Gasteiger partial charge on any atom is 0.519 e. The van der Waals surface area contributed by atoms with Gasteiger partial charge in [-0.25, -0.2) is 9.78 Å². The molecule has 0 spiro atoms. The van der Waals surface area contributed by atoms with E-state index >= 15 is 0 Å². The third-order valence-corrected chi connectivity index (χ3v) is 5.09. The molecule has 31 heavy (non-hydrogen) atoms. The fraction of sp³-hybridized carbons (Fsp3) is 0.526. The van der Waals surface area contributed by atoms with Crippen LogP contribution in [0.5, 0.6) is 0 Å². The summed E-state index contributed by atoms with van der Waals surface area (Å²) in [7, 11) is 0. The second-order valence-electron chi connectivity index (χ2n) is 7.53. The highest BCUT2D eigenvalue weighted by Gasteiger charge is 2.30. The zero-order valence-electron chi connectivity index (χ0n) is 17.3. The molecular weight excluding hydrogens is 430 g/mol. The van der Waals surface area contributed by atoms with Gasteiger partial charge in [0.2, 0.25) is 5.28 Å². The first-order valence-corrected chi connectivity index (χ1v) is 10.2. The second-order valence-corrected chi connectivity index (χ2v) is 7.87. The minimum Gasteiger partial charge on any atom is -0.463 e. The molecule has 3 aromatic heterocycles. The fourth-order valence-corrected chi connectivity index (χ4v) is 3.44. The quantitative estimate of drug-likeness (QED) is 0.422. The van der Waals surface area contributed by atoms with Crippen molar-refractivity contribution in [3.05, 3.63) is 33.7 Å². The summed E-state index contributed by atoms with van der Waals surface area (Å²) in [4.78, 5) is 35.8. The molecule has 2 unspecified atom stereocenters. The number of aromatic nitrogens is 4. The van der Waals surface area contributed by atoms with Gasteiger partial charge in [0.05, 0.1) is 24.9 Å². The summed E-state index contributed by atoms with van der Waals surface area (Å²) in [5, 5.41) is 3.08. The minimum atomic E-state index is -0.767. The minimum absolute atomic E-state index is 0.0301. The van der Waals surface area contributed by atoms with Crippen molar-refractivity contribution in [2.75, 3.05) is 11.9 Å². The smallest absolute Gasteiger partial charge is 0.463 e.